The minimum Gasteiger partial charge on any atom is -0.387 e. The largest absolute Gasteiger partial charge is 0.387 e. The maximum atomic E-state index is 10.4. The van der Waals surface area contributed by atoms with Gasteiger partial charge in [0.25, 0.3) is 0 Å². The molecule has 0 radical (unpaired) electrons. The summed E-state index contributed by atoms with van der Waals surface area (Å²) in [4.78, 5) is 0. The summed E-state index contributed by atoms with van der Waals surface area (Å²) in [5, 5.41) is 41.2. The van der Waals surface area contributed by atoms with Crippen molar-refractivity contribution < 1.29 is 58.3 Å². The van der Waals surface area contributed by atoms with Crippen LogP contribution in [0.15, 0.2) is 24.3 Å². The Morgan fingerprint density at radius 1 is 0.618 bits per heavy atom. The Morgan fingerprint density at radius 3 is 1.35 bits per heavy atom. The molecule has 0 aromatic heterocycles. The number of aliphatic hydroxyl groups is 4. The van der Waals surface area contributed by atoms with Gasteiger partial charge in [-0.25, -0.2) is 0 Å². The van der Waals surface area contributed by atoms with Crippen LogP contribution in [-0.2, 0) is 37.9 Å². The number of methoxy groups -OCH3 is 2. The molecule has 0 saturated carbocycles. The molecule has 12 atom stereocenters. The Balaban J connectivity index is 1.23. The third kappa shape index (κ3) is 4.39. The molecule has 34 heavy (non-hydrogen) atoms. The van der Waals surface area contributed by atoms with E-state index in [-0.39, 0.29) is 13.2 Å². The summed E-state index contributed by atoms with van der Waals surface area (Å²) < 4.78 is 44.6. The molecule has 1 aromatic carbocycles. The normalized spacial score (nSPS) is 47.0. The van der Waals surface area contributed by atoms with Crippen LogP contribution < -0.4 is 0 Å². The Bertz CT molecular complexity index is 752. The molecule has 1 aromatic rings. The van der Waals surface area contributed by atoms with Gasteiger partial charge >= 0.3 is 0 Å². The second-order valence-electron chi connectivity index (χ2n) is 8.72. The molecule has 5 rings (SSSR count). The van der Waals surface area contributed by atoms with Gasteiger partial charge in [-0.15, -0.1) is 0 Å². The number of hydrogen-bond donors (Lipinski definition) is 4. The molecular weight excluding hydrogens is 456 g/mol. The van der Waals surface area contributed by atoms with Crippen molar-refractivity contribution in [3.8, 4) is 0 Å². The summed E-state index contributed by atoms with van der Waals surface area (Å²) in [5.74, 6) is 0. The van der Waals surface area contributed by atoms with Gasteiger partial charge in [0, 0.05) is 25.3 Å². The minimum absolute atomic E-state index is 0.154. The quantitative estimate of drug-likeness (QED) is 0.400. The lowest BCUT2D eigenvalue weighted by Crippen LogP contribution is -2.62. The lowest BCUT2D eigenvalue weighted by Gasteiger charge is -2.46. The molecular formula is C22H30O12. The van der Waals surface area contributed by atoms with E-state index in [0.29, 0.717) is 11.1 Å². The standard InChI is InChI=1S/C22H30O12/c1-27-21-15(25)13(23)17-11(31-21)7-29-19(33-17)9-3-5-10(6-4-9)20-30-8-12-18(34-20)14(24)16(26)22(28-2)32-12/h3-6,11-26H,7-8H2,1-2H3/t11-,12-,13-,14-,15-,16-,17+,18+,19?,20?,21+,22+/m1/s1. The zero-order valence-electron chi connectivity index (χ0n) is 18.7. The first kappa shape index (κ1) is 24.4. The van der Waals surface area contributed by atoms with Crippen molar-refractivity contribution in [1.82, 2.24) is 0 Å². The van der Waals surface area contributed by atoms with Gasteiger partial charge in [-0.05, 0) is 0 Å². The Labute approximate surface area is 195 Å². The van der Waals surface area contributed by atoms with Gasteiger partial charge in [0.15, 0.2) is 25.2 Å². The predicted molar refractivity (Wildman–Crippen MR) is 109 cm³/mol. The summed E-state index contributed by atoms with van der Waals surface area (Å²) in [6, 6.07) is 7.08. The van der Waals surface area contributed by atoms with Crippen LogP contribution in [0.2, 0.25) is 0 Å². The first-order chi connectivity index (χ1) is 16.4. The van der Waals surface area contributed by atoms with Crippen LogP contribution in [0.3, 0.4) is 0 Å². The summed E-state index contributed by atoms with van der Waals surface area (Å²) in [6.45, 7) is 0.308. The number of rotatable bonds is 4. The summed E-state index contributed by atoms with van der Waals surface area (Å²) in [7, 11) is 2.77. The molecule has 4 saturated heterocycles. The summed E-state index contributed by atoms with van der Waals surface area (Å²) in [6.07, 6.45) is -11.0. The van der Waals surface area contributed by atoms with Crippen LogP contribution in [0.25, 0.3) is 0 Å². The number of benzene rings is 1. The number of fused-ring (bicyclic) bond motifs is 2. The highest BCUT2D eigenvalue weighted by Gasteiger charge is 2.50. The summed E-state index contributed by atoms with van der Waals surface area (Å²) >= 11 is 0. The molecule has 4 aliphatic heterocycles. The average Bonchev–Trinajstić information content (AvgIpc) is 2.88. The van der Waals surface area contributed by atoms with Gasteiger partial charge in [-0.3, -0.25) is 0 Å². The van der Waals surface area contributed by atoms with Crippen LogP contribution in [-0.4, -0.2) is 109 Å². The van der Waals surface area contributed by atoms with E-state index < -0.39 is 74.0 Å². The first-order valence-electron chi connectivity index (χ1n) is 11.1. The second-order valence-corrected chi connectivity index (χ2v) is 8.72. The third-order valence-electron chi connectivity index (χ3n) is 6.61. The molecule has 0 bridgehead atoms. The summed E-state index contributed by atoms with van der Waals surface area (Å²) in [5.41, 5.74) is 1.37. The smallest absolute Gasteiger partial charge is 0.186 e. The van der Waals surface area contributed by atoms with E-state index in [4.69, 9.17) is 37.9 Å². The maximum Gasteiger partial charge on any atom is 0.186 e. The lowest BCUT2D eigenvalue weighted by molar-refractivity contribution is -0.358. The van der Waals surface area contributed by atoms with Crippen molar-refractivity contribution in [2.75, 3.05) is 27.4 Å². The predicted octanol–water partition coefficient (Wildman–Crippen LogP) is -1.30. The number of aliphatic hydroxyl groups excluding tert-OH is 4. The van der Waals surface area contributed by atoms with Crippen molar-refractivity contribution in [2.45, 2.75) is 74.0 Å². The van der Waals surface area contributed by atoms with Gasteiger partial charge in [0.05, 0.1) is 13.2 Å². The Kier molecular flexibility index (Phi) is 7.19. The average molecular weight is 486 g/mol. The van der Waals surface area contributed by atoms with Crippen LogP contribution >= 0.6 is 0 Å². The van der Waals surface area contributed by atoms with E-state index in [2.05, 4.69) is 0 Å². The van der Waals surface area contributed by atoms with E-state index in [1.807, 2.05) is 0 Å². The second kappa shape index (κ2) is 10.0. The topological polar surface area (TPSA) is 155 Å². The molecule has 0 aliphatic carbocycles. The van der Waals surface area contributed by atoms with Gasteiger partial charge in [0.1, 0.15) is 48.8 Å². The van der Waals surface area contributed by atoms with Crippen molar-refractivity contribution in [1.29, 1.82) is 0 Å². The van der Waals surface area contributed by atoms with Crippen LogP contribution in [0.5, 0.6) is 0 Å². The van der Waals surface area contributed by atoms with E-state index in [9.17, 15) is 20.4 Å². The molecule has 4 aliphatic rings. The van der Waals surface area contributed by atoms with Crippen molar-refractivity contribution in [2.24, 2.45) is 0 Å². The van der Waals surface area contributed by atoms with Crippen molar-refractivity contribution in [3.05, 3.63) is 35.4 Å². The van der Waals surface area contributed by atoms with E-state index in [0.717, 1.165) is 0 Å². The number of hydrogen-bond acceptors (Lipinski definition) is 12. The lowest BCUT2D eigenvalue weighted by atomic mass is 9.97. The third-order valence-corrected chi connectivity index (χ3v) is 6.61. The maximum absolute atomic E-state index is 10.4. The molecule has 4 N–H and O–H groups in total. The van der Waals surface area contributed by atoms with E-state index in [1.54, 1.807) is 24.3 Å². The molecule has 12 heteroatoms. The number of ether oxygens (including phenoxy) is 8. The van der Waals surface area contributed by atoms with Crippen LogP contribution in [0, 0.1) is 0 Å². The fraction of sp³-hybridized carbons (Fsp3) is 0.727. The van der Waals surface area contributed by atoms with Crippen molar-refractivity contribution >= 4 is 0 Å². The van der Waals surface area contributed by atoms with E-state index in [1.165, 1.54) is 14.2 Å². The fourth-order valence-corrected chi connectivity index (χ4v) is 4.69. The highest BCUT2D eigenvalue weighted by molar-refractivity contribution is 5.25. The van der Waals surface area contributed by atoms with E-state index >= 15 is 0 Å². The van der Waals surface area contributed by atoms with Crippen molar-refractivity contribution in [3.63, 3.8) is 0 Å². The molecule has 2 unspecified atom stereocenters. The monoisotopic (exact) mass is 486 g/mol. The van der Waals surface area contributed by atoms with Crippen LogP contribution in [0.1, 0.15) is 23.7 Å². The zero-order valence-corrected chi connectivity index (χ0v) is 18.7. The SMILES string of the molecule is CO[C@H]1O[C@@H]2COC(c3ccc(C4OC[C@H]5O[C@H](OC)[C@H](O)[C@@H](O)[C@H]5O4)cc3)O[C@@H]2[C@H](O)[C@H]1O. The fourth-order valence-electron chi connectivity index (χ4n) is 4.69. The van der Waals surface area contributed by atoms with Crippen LogP contribution in [0.4, 0.5) is 0 Å². The first-order valence-corrected chi connectivity index (χ1v) is 11.1. The molecule has 12 nitrogen and oxygen atoms in total. The molecule has 0 amide bonds. The molecule has 190 valence electrons. The van der Waals surface area contributed by atoms with Gasteiger partial charge in [-0.2, -0.15) is 0 Å². The van der Waals surface area contributed by atoms with Gasteiger partial charge in [-0.1, -0.05) is 24.3 Å². The molecule has 0 spiro atoms. The highest BCUT2D eigenvalue weighted by atomic mass is 16.8. The minimum atomic E-state index is -1.24. The highest BCUT2D eigenvalue weighted by Crippen LogP contribution is 2.37. The molecule has 4 heterocycles. The Morgan fingerprint density at radius 2 is 1.00 bits per heavy atom. The molecule has 4 fully saturated rings. The van der Waals surface area contributed by atoms with Gasteiger partial charge < -0.3 is 58.3 Å². The zero-order chi connectivity index (χ0) is 24.0. The van der Waals surface area contributed by atoms with Gasteiger partial charge in [0.2, 0.25) is 0 Å². The Hall–Kier alpha value is -1.26.